The van der Waals surface area contributed by atoms with Crippen molar-refractivity contribution in [2.45, 2.75) is 38.3 Å². The molecule has 1 aliphatic rings. The van der Waals surface area contributed by atoms with Crippen LogP contribution in [0.5, 0.6) is 0 Å². The number of hydrogen-bond donors (Lipinski definition) is 2. The van der Waals surface area contributed by atoms with Gasteiger partial charge in [0.25, 0.3) is 0 Å². The van der Waals surface area contributed by atoms with Gasteiger partial charge in [0.1, 0.15) is 11.9 Å². The van der Waals surface area contributed by atoms with Crippen LogP contribution < -0.4 is 10.2 Å². The van der Waals surface area contributed by atoms with E-state index in [-0.39, 0.29) is 11.9 Å². The van der Waals surface area contributed by atoms with Crippen molar-refractivity contribution < 1.29 is 9.90 Å². The number of likely N-dealkylation sites (N-methyl/N-ethyl adjacent to an activating group) is 1. The predicted octanol–water partition coefficient (Wildman–Crippen LogP) is 1.24. The molecule has 1 aliphatic heterocycles. The number of aliphatic hydroxyl groups excluding tert-OH is 1. The lowest BCUT2D eigenvalue weighted by Crippen LogP contribution is -2.49. The van der Waals surface area contributed by atoms with Crippen LogP contribution in [0.3, 0.4) is 0 Å². The molecule has 1 unspecified atom stereocenters. The van der Waals surface area contributed by atoms with E-state index in [1.165, 1.54) is 0 Å². The van der Waals surface area contributed by atoms with Crippen molar-refractivity contribution in [3.8, 4) is 0 Å². The summed E-state index contributed by atoms with van der Waals surface area (Å²) in [5.74, 6) is 0.743. The van der Waals surface area contributed by atoms with Gasteiger partial charge in [-0.05, 0) is 32.3 Å². The highest BCUT2D eigenvalue weighted by atomic mass is 16.3. The molecule has 1 fully saturated rings. The highest BCUT2D eigenvalue weighted by Crippen LogP contribution is 2.29. The lowest BCUT2D eigenvalue weighted by molar-refractivity contribution is -0.122. The number of aliphatic hydroxyl groups is 1. The molecular weight excluding hydrogens is 242 g/mol. The standard InChI is InChI=1S/C14H21N3O2/c1-10(18)11-6-5-8-16-13(11)17-9-4-3-7-12(17)14(19)15-2/h5-6,8,10,12,18H,3-4,7,9H2,1-2H3,(H,15,19)/t10-,12?/m1/s1. The number of pyridine rings is 1. The topological polar surface area (TPSA) is 65.5 Å². The fourth-order valence-corrected chi connectivity index (χ4v) is 2.60. The summed E-state index contributed by atoms with van der Waals surface area (Å²) in [7, 11) is 1.66. The molecule has 5 nitrogen and oxygen atoms in total. The third kappa shape index (κ3) is 2.87. The van der Waals surface area contributed by atoms with Gasteiger partial charge in [0.15, 0.2) is 0 Å². The molecule has 19 heavy (non-hydrogen) atoms. The van der Waals surface area contributed by atoms with Gasteiger partial charge >= 0.3 is 0 Å². The second kappa shape index (κ2) is 6.02. The van der Waals surface area contributed by atoms with Gasteiger partial charge in [0.05, 0.1) is 6.10 Å². The van der Waals surface area contributed by atoms with E-state index in [0.717, 1.165) is 37.2 Å². The van der Waals surface area contributed by atoms with Crippen molar-refractivity contribution in [1.82, 2.24) is 10.3 Å². The van der Waals surface area contributed by atoms with Crippen LogP contribution in [0, 0.1) is 0 Å². The second-order valence-corrected chi connectivity index (χ2v) is 4.91. The quantitative estimate of drug-likeness (QED) is 0.861. The van der Waals surface area contributed by atoms with E-state index < -0.39 is 6.10 Å². The van der Waals surface area contributed by atoms with Crippen LogP contribution in [0.4, 0.5) is 5.82 Å². The van der Waals surface area contributed by atoms with Gasteiger partial charge in [0.2, 0.25) is 5.91 Å². The van der Waals surface area contributed by atoms with Crippen molar-refractivity contribution in [2.75, 3.05) is 18.5 Å². The number of anilines is 1. The number of carbonyl (C=O) groups excluding carboxylic acids is 1. The Labute approximate surface area is 113 Å². The van der Waals surface area contributed by atoms with Crippen LogP contribution in [-0.4, -0.2) is 35.6 Å². The molecule has 1 aromatic heterocycles. The van der Waals surface area contributed by atoms with Crippen LogP contribution in [0.25, 0.3) is 0 Å². The molecule has 0 aliphatic carbocycles. The molecule has 2 atom stereocenters. The summed E-state index contributed by atoms with van der Waals surface area (Å²) >= 11 is 0. The zero-order chi connectivity index (χ0) is 13.8. The minimum atomic E-state index is -0.587. The lowest BCUT2D eigenvalue weighted by atomic mass is 10.00. The Balaban J connectivity index is 2.35. The summed E-state index contributed by atoms with van der Waals surface area (Å²) in [6.07, 6.45) is 4.04. The molecule has 0 spiro atoms. The smallest absolute Gasteiger partial charge is 0.242 e. The first-order chi connectivity index (χ1) is 9.15. The molecule has 1 aromatic rings. The summed E-state index contributed by atoms with van der Waals surface area (Å²) in [6, 6.07) is 3.48. The number of nitrogens with one attached hydrogen (secondary N) is 1. The Bertz CT molecular complexity index is 448. The van der Waals surface area contributed by atoms with E-state index in [1.54, 1.807) is 20.2 Å². The van der Waals surface area contributed by atoms with E-state index >= 15 is 0 Å². The van der Waals surface area contributed by atoms with Gasteiger partial charge in [-0.1, -0.05) is 6.07 Å². The number of rotatable bonds is 3. The number of aromatic nitrogens is 1. The first-order valence-electron chi connectivity index (χ1n) is 6.76. The maximum atomic E-state index is 12.0. The highest BCUT2D eigenvalue weighted by molar-refractivity contribution is 5.85. The maximum Gasteiger partial charge on any atom is 0.242 e. The minimum absolute atomic E-state index is 0.0156. The number of hydrogen-bond acceptors (Lipinski definition) is 4. The van der Waals surface area contributed by atoms with Gasteiger partial charge in [0, 0.05) is 25.4 Å². The molecular formula is C14H21N3O2. The fraction of sp³-hybridized carbons (Fsp3) is 0.571. The molecule has 5 heteroatoms. The Morgan fingerprint density at radius 3 is 3.05 bits per heavy atom. The summed E-state index contributed by atoms with van der Waals surface area (Å²) in [6.45, 7) is 2.52. The van der Waals surface area contributed by atoms with Crippen LogP contribution in [0.2, 0.25) is 0 Å². The van der Waals surface area contributed by atoms with Crippen LogP contribution in [0.1, 0.15) is 37.9 Å². The van der Waals surface area contributed by atoms with E-state index in [0.29, 0.717) is 0 Å². The van der Waals surface area contributed by atoms with E-state index in [9.17, 15) is 9.90 Å². The third-order valence-corrected chi connectivity index (χ3v) is 3.59. The van der Waals surface area contributed by atoms with E-state index in [4.69, 9.17) is 0 Å². The number of carbonyl (C=O) groups is 1. The zero-order valence-corrected chi connectivity index (χ0v) is 11.5. The average Bonchev–Trinajstić information content (AvgIpc) is 2.46. The van der Waals surface area contributed by atoms with Crippen molar-refractivity contribution >= 4 is 11.7 Å². The van der Waals surface area contributed by atoms with Gasteiger partial charge in [-0.15, -0.1) is 0 Å². The second-order valence-electron chi connectivity index (χ2n) is 4.91. The van der Waals surface area contributed by atoms with Crippen molar-refractivity contribution in [3.05, 3.63) is 23.9 Å². The molecule has 1 saturated heterocycles. The number of nitrogens with zero attached hydrogens (tertiary/aromatic N) is 2. The number of piperidine rings is 1. The van der Waals surface area contributed by atoms with Gasteiger partial charge < -0.3 is 15.3 Å². The monoisotopic (exact) mass is 263 g/mol. The Morgan fingerprint density at radius 1 is 1.58 bits per heavy atom. The van der Waals surface area contributed by atoms with E-state index in [2.05, 4.69) is 10.3 Å². The highest BCUT2D eigenvalue weighted by Gasteiger charge is 2.30. The summed E-state index contributed by atoms with van der Waals surface area (Å²) in [4.78, 5) is 18.4. The van der Waals surface area contributed by atoms with Crippen molar-refractivity contribution in [3.63, 3.8) is 0 Å². The normalized spacial score (nSPS) is 21.0. The first-order valence-corrected chi connectivity index (χ1v) is 6.76. The van der Waals surface area contributed by atoms with Crippen molar-refractivity contribution in [2.24, 2.45) is 0 Å². The van der Waals surface area contributed by atoms with Gasteiger partial charge in [-0.2, -0.15) is 0 Å². The Kier molecular flexibility index (Phi) is 4.37. The van der Waals surface area contributed by atoms with Gasteiger partial charge in [-0.3, -0.25) is 4.79 Å². The van der Waals surface area contributed by atoms with Crippen molar-refractivity contribution in [1.29, 1.82) is 0 Å². The molecule has 2 rings (SSSR count). The molecule has 0 radical (unpaired) electrons. The Hall–Kier alpha value is -1.62. The van der Waals surface area contributed by atoms with Crippen LogP contribution in [0.15, 0.2) is 18.3 Å². The molecule has 2 N–H and O–H groups in total. The van der Waals surface area contributed by atoms with E-state index in [1.807, 2.05) is 17.0 Å². The third-order valence-electron chi connectivity index (χ3n) is 3.59. The van der Waals surface area contributed by atoms with Crippen LogP contribution >= 0.6 is 0 Å². The largest absolute Gasteiger partial charge is 0.389 e. The first kappa shape index (κ1) is 13.8. The molecule has 104 valence electrons. The molecule has 0 aromatic carbocycles. The predicted molar refractivity (Wildman–Crippen MR) is 73.9 cm³/mol. The molecule has 1 amide bonds. The SMILES string of the molecule is CNC(=O)C1CCCCN1c1ncccc1[C@@H](C)O. The maximum absolute atomic E-state index is 12.0. The fourth-order valence-electron chi connectivity index (χ4n) is 2.60. The summed E-state index contributed by atoms with van der Waals surface area (Å²) in [5.41, 5.74) is 0.776. The van der Waals surface area contributed by atoms with Gasteiger partial charge in [-0.25, -0.2) is 4.98 Å². The molecule has 2 heterocycles. The minimum Gasteiger partial charge on any atom is -0.389 e. The van der Waals surface area contributed by atoms with Crippen LogP contribution in [-0.2, 0) is 4.79 Å². The lowest BCUT2D eigenvalue weighted by Gasteiger charge is -2.36. The zero-order valence-electron chi connectivity index (χ0n) is 11.5. The summed E-state index contributed by atoms with van der Waals surface area (Å²) < 4.78 is 0. The Morgan fingerprint density at radius 2 is 2.37 bits per heavy atom. The molecule has 0 saturated carbocycles. The summed E-state index contributed by atoms with van der Waals surface area (Å²) in [5, 5.41) is 12.6. The number of amides is 1. The molecule has 0 bridgehead atoms. The average molecular weight is 263 g/mol.